The number of anilines is 1. The van der Waals surface area contributed by atoms with Gasteiger partial charge in [-0.2, -0.15) is 0 Å². The Balaban J connectivity index is 0.754. The van der Waals surface area contributed by atoms with Gasteiger partial charge in [0.05, 0.1) is 27.9 Å². The number of β-amino-alcohol motifs (C(OH)–C–C–N with tert-alkyl or cyclic N) is 1. The summed E-state index contributed by atoms with van der Waals surface area (Å²) in [5.74, 6) is -1.15. The number of carbonyl (C=O) groups excluding carboxylic acids is 2. The Labute approximate surface area is 380 Å². The van der Waals surface area contributed by atoms with Gasteiger partial charge in [0.25, 0.3) is 5.91 Å². The Morgan fingerprint density at radius 2 is 1.78 bits per heavy atom. The van der Waals surface area contributed by atoms with Gasteiger partial charge >= 0.3 is 0 Å². The smallest absolute Gasteiger partial charge is 0.263 e. The number of rotatable bonds is 12. The average molecular weight is 904 g/mol. The van der Waals surface area contributed by atoms with Gasteiger partial charge in [-0.25, -0.2) is 4.98 Å². The number of phenols is 1. The van der Waals surface area contributed by atoms with Crippen molar-refractivity contribution in [3.05, 3.63) is 95.0 Å². The lowest BCUT2D eigenvalue weighted by molar-refractivity contribution is -0.163. The lowest BCUT2D eigenvalue weighted by Gasteiger charge is -2.71. The second-order valence-corrected chi connectivity index (χ2v) is 20.8. The topological polar surface area (TPSA) is 197 Å². The van der Waals surface area contributed by atoms with Gasteiger partial charge in [-0.3, -0.25) is 14.5 Å². The molecule has 2 aliphatic heterocycles. The van der Waals surface area contributed by atoms with Crippen molar-refractivity contribution in [1.82, 2.24) is 40.4 Å². The Kier molecular flexibility index (Phi) is 10.4. The van der Waals surface area contributed by atoms with E-state index in [1.165, 1.54) is 10.6 Å². The summed E-state index contributed by atoms with van der Waals surface area (Å²) < 4.78 is 5.78. The van der Waals surface area contributed by atoms with Gasteiger partial charge in [-0.05, 0) is 79.8 Å². The molecule has 4 aromatic heterocycles. The van der Waals surface area contributed by atoms with Crippen LogP contribution in [0.2, 0.25) is 0 Å². The molecular weight excluding hydrogens is 851 g/mol. The van der Waals surface area contributed by atoms with Crippen molar-refractivity contribution < 1.29 is 29.4 Å². The molecule has 0 spiro atoms. The number of carbonyl (C=O) groups is 2. The summed E-state index contributed by atoms with van der Waals surface area (Å²) >= 11 is 6.38. The number of thiol groups is 1. The Morgan fingerprint density at radius 3 is 2.47 bits per heavy atom. The van der Waals surface area contributed by atoms with Crippen LogP contribution in [0.4, 0.5) is 5.82 Å². The number of amides is 2. The molecule has 64 heavy (non-hydrogen) atoms. The maximum Gasteiger partial charge on any atom is 0.263 e. The van der Waals surface area contributed by atoms with Crippen LogP contribution in [0.1, 0.15) is 69.2 Å². The number of benzene rings is 2. The first-order valence-electron chi connectivity index (χ1n) is 21.9. The molecule has 5 fully saturated rings. The largest absolute Gasteiger partial charge is 0.507 e. The molecule has 3 saturated carbocycles. The molecule has 17 heteroatoms. The molecule has 334 valence electrons. The van der Waals surface area contributed by atoms with E-state index in [2.05, 4.69) is 46.5 Å². The van der Waals surface area contributed by atoms with E-state index in [-0.39, 0.29) is 35.3 Å². The summed E-state index contributed by atoms with van der Waals surface area (Å²) in [6, 6.07) is 19.7. The van der Waals surface area contributed by atoms with Gasteiger partial charge in [-0.15, -0.1) is 34.2 Å². The number of H-pyrrole nitrogens is 1. The van der Waals surface area contributed by atoms with Crippen LogP contribution in [0.3, 0.4) is 0 Å². The van der Waals surface area contributed by atoms with Crippen molar-refractivity contribution >= 4 is 52.6 Å². The van der Waals surface area contributed by atoms with E-state index in [0.29, 0.717) is 30.2 Å². The van der Waals surface area contributed by atoms with Crippen LogP contribution in [0, 0.1) is 18.3 Å². The highest BCUT2D eigenvalue weighted by Crippen LogP contribution is 2.73. The molecule has 4 atom stereocenters. The lowest BCUT2D eigenvalue weighted by atomic mass is 9.34. The first-order valence-corrected chi connectivity index (χ1v) is 23.3. The number of likely N-dealkylation sites (tertiary alicyclic amines) is 1. The number of aryl methyl sites for hydroxylation is 1. The summed E-state index contributed by atoms with van der Waals surface area (Å²) in [6.07, 6.45) is 2.40. The molecule has 2 amide bonds. The standard InChI is InChI=1S/C47H53N9O6S2/c1-27(2)47(61,43(60)56-21-32(57)19-35(56)42(59)50-44(4,63)31-11-9-29(10-12-31)40-28(3)48-26-64-40)38-20-39(53-62-38)55-15-13-54(14-16-55)25-45-22-46(23-45,24-45)37-18-30-17-34(51-52-41(30)49-37)33-7-5-6-8-36(33)58/h5-12,17-18,20,26-27,32,35,57-58,61,63H,13-16,19,21-25H2,1-4H3,(H,49,52)(H,50,59)/t32-,35?,44-,45?,46?,47-/m1/s1. The fourth-order valence-corrected chi connectivity index (χ4v) is 11.8. The highest BCUT2D eigenvalue weighted by molar-refractivity contribution is 7.81. The number of hydrogen-bond acceptors (Lipinski definition) is 14. The Morgan fingerprint density at radius 1 is 1.05 bits per heavy atom. The average Bonchev–Trinajstić information content (AvgIpc) is 4.08. The molecule has 6 aromatic rings. The molecule has 3 aliphatic carbocycles. The molecule has 11 rings (SSSR count). The highest BCUT2D eigenvalue weighted by atomic mass is 32.1. The first-order chi connectivity index (χ1) is 30.6. The van der Waals surface area contributed by atoms with E-state index in [1.54, 1.807) is 50.3 Å². The zero-order valence-corrected chi connectivity index (χ0v) is 38.0. The van der Waals surface area contributed by atoms with Gasteiger partial charge in [-0.1, -0.05) is 55.4 Å². The highest BCUT2D eigenvalue weighted by Gasteiger charge is 2.69. The number of hydrogen-bond donors (Lipinski definition) is 6. The van der Waals surface area contributed by atoms with Crippen molar-refractivity contribution in [2.45, 2.75) is 81.4 Å². The third-order valence-electron chi connectivity index (χ3n) is 14.2. The van der Waals surface area contributed by atoms with E-state index in [0.717, 1.165) is 71.6 Å². The minimum atomic E-state index is -2.14. The third-order valence-corrected chi connectivity index (χ3v) is 15.6. The van der Waals surface area contributed by atoms with E-state index in [4.69, 9.17) is 17.2 Å². The third kappa shape index (κ3) is 7.25. The second-order valence-electron chi connectivity index (χ2n) is 19.0. The molecule has 5 aliphatic rings. The SMILES string of the molecule is Cc1ncsc1-c1ccc([C@@](C)(S)NC(=O)C2C[C@@H](O)CN2C(=O)[C@](O)(c2cc(N3CCN(CC45CC(c6cc7cc(-c8ccccc8O)nnc7[nH]6)(C4)C5)CC3)no2)C(C)C)cc1. The number of piperazine rings is 1. The quantitative estimate of drug-likeness (QED) is 0.0647. The molecule has 2 saturated heterocycles. The zero-order chi connectivity index (χ0) is 44.8. The van der Waals surface area contributed by atoms with Gasteiger partial charge in [0.2, 0.25) is 11.5 Å². The number of aromatic hydroxyl groups is 1. The monoisotopic (exact) mass is 903 g/mol. The fourth-order valence-electron chi connectivity index (χ4n) is 10.8. The van der Waals surface area contributed by atoms with Crippen LogP contribution in [0.25, 0.3) is 32.7 Å². The minimum Gasteiger partial charge on any atom is -0.507 e. The van der Waals surface area contributed by atoms with Crippen molar-refractivity contribution in [3.63, 3.8) is 0 Å². The Hall–Kier alpha value is -5.33. The number of aromatic amines is 1. The van der Waals surface area contributed by atoms with Gasteiger partial charge in [0, 0.05) is 73.8 Å². The number of aliphatic hydroxyl groups excluding tert-OH is 1. The molecule has 0 radical (unpaired) electrons. The number of aromatic nitrogens is 5. The summed E-state index contributed by atoms with van der Waals surface area (Å²) in [5, 5.41) is 50.5. The molecule has 2 bridgehead atoms. The normalized spacial score (nSPS) is 25.2. The first kappa shape index (κ1) is 42.6. The zero-order valence-electron chi connectivity index (χ0n) is 36.3. The van der Waals surface area contributed by atoms with E-state index < -0.39 is 40.4 Å². The number of aliphatic hydroxyl groups is 2. The molecule has 2 aromatic carbocycles. The van der Waals surface area contributed by atoms with Gasteiger partial charge in [0.15, 0.2) is 17.2 Å². The van der Waals surface area contributed by atoms with Crippen molar-refractivity contribution in [2.24, 2.45) is 11.3 Å². The molecule has 5 N–H and O–H groups in total. The number of thiazole rings is 1. The number of fused-ring (bicyclic) bond motifs is 1. The molecule has 1 unspecified atom stereocenters. The minimum absolute atomic E-state index is 0.00246. The maximum atomic E-state index is 14.5. The van der Waals surface area contributed by atoms with E-state index in [9.17, 15) is 24.9 Å². The summed E-state index contributed by atoms with van der Waals surface area (Å²) in [5.41, 5.74) is 6.07. The predicted molar refractivity (Wildman–Crippen MR) is 246 cm³/mol. The molecule has 6 heterocycles. The van der Waals surface area contributed by atoms with Crippen LogP contribution < -0.4 is 10.2 Å². The van der Waals surface area contributed by atoms with Crippen LogP contribution in [0.15, 0.2) is 76.8 Å². The predicted octanol–water partition coefficient (Wildman–Crippen LogP) is 5.72. The van der Waals surface area contributed by atoms with Crippen LogP contribution >= 0.6 is 24.0 Å². The number of phenolic OH excluding ortho intramolecular Hbond substituents is 1. The number of nitrogens with one attached hydrogen (secondary N) is 2. The second kappa shape index (κ2) is 15.7. The number of para-hydroxylation sites is 1. The van der Waals surface area contributed by atoms with Crippen molar-refractivity contribution in [2.75, 3.05) is 44.2 Å². The van der Waals surface area contributed by atoms with E-state index in [1.807, 2.05) is 54.9 Å². The van der Waals surface area contributed by atoms with Gasteiger partial charge < -0.3 is 39.9 Å². The van der Waals surface area contributed by atoms with Crippen LogP contribution in [0.5, 0.6) is 5.75 Å². The molecular formula is C47H53N9O6S2. The maximum absolute atomic E-state index is 14.5. The summed E-state index contributed by atoms with van der Waals surface area (Å²) in [4.78, 5) is 42.1. The summed E-state index contributed by atoms with van der Waals surface area (Å²) in [7, 11) is 0. The van der Waals surface area contributed by atoms with Crippen molar-refractivity contribution in [3.8, 4) is 27.4 Å². The van der Waals surface area contributed by atoms with E-state index >= 15 is 0 Å². The van der Waals surface area contributed by atoms with Crippen LogP contribution in [-0.2, 0) is 25.5 Å². The van der Waals surface area contributed by atoms with Crippen molar-refractivity contribution in [1.29, 1.82) is 0 Å². The Bertz CT molecular complexity index is 2720. The molecule has 15 nitrogen and oxygen atoms in total. The lowest BCUT2D eigenvalue weighted by Crippen LogP contribution is -2.69. The van der Waals surface area contributed by atoms with Gasteiger partial charge in [0.1, 0.15) is 16.7 Å². The summed E-state index contributed by atoms with van der Waals surface area (Å²) in [6.45, 7) is 11.2. The van der Waals surface area contributed by atoms with Crippen LogP contribution in [-0.4, -0.2) is 114 Å². The number of nitrogens with zero attached hydrogens (tertiary/aromatic N) is 7. The fraction of sp³-hybridized carbons (Fsp3) is 0.447.